The number of methoxy groups -OCH3 is 1. The van der Waals surface area contributed by atoms with E-state index >= 15 is 0 Å². The summed E-state index contributed by atoms with van der Waals surface area (Å²) < 4.78 is 4.94. The summed E-state index contributed by atoms with van der Waals surface area (Å²) in [5.41, 5.74) is 5.67. The molecule has 0 aromatic heterocycles. The minimum atomic E-state index is 0.0839. The van der Waals surface area contributed by atoms with Gasteiger partial charge in [0.15, 0.2) is 0 Å². The Labute approximate surface area is 99.1 Å². The first-order valence-corrected chi connectivity index (χ1v) is 5.98. The minimum absolute atomic E-state index is 0.0839. The zero-order chi connectivity index (χ0) is 12.6. The third-order valence-electron chi connectivity index (χ3n) is 2.73. The summed E-state index contributed by atoms with van der Waals surface area (Å²) in [5.74, 6) is 0.280. The van der Waals surface area contributed by atoms with Crippen LogP contribution in [0.4, 0.5) is 0 Å². The van der Waals surface area contributed by atoms with Crippen molar-refractivity contribution in [1.82, 2.24) is 4.90 Å². The van der Waals surface area contributed by atoms with Crippen LogP contribution in [0.25, 0.3) is 0 Å². The number of rotatable bonds is 8. The summed E-state index contributed by atoms with van der Waals surface area (Å²) in [6, 6.07) is 0.230. The van der Waals surface area contributed by atoms with Crippen molar-refractivity contribution < 1.29 is 9.53 Å². The van der Waals surface area contributed by atoms with E-state index in [1.165, 1.54) is 0 Å². The molecule has 1 amide bonds. The Hall–Kier alpha value is -0.610. The van der Waals surface area contributed by atoms with Gasteiger partial charge >= 0.3 is 0 Å². The fourth-order valence-electron chi connectivity index (χ4n) is 1.58. The molecule has 0 radical (unpaired) electrons. The van der Waals surface area contributed by atoms with Crippen LogP contribution in [0.5, 0.6) is 0 Å². The fourth-order valence-corrected chi connectivity index (χ4v) is 1.58. The average Bonchev–Trinajstić information content (AvgIpc) is 2.24. The Morgan fingerprint density at radius 1 is 1.38 bits per heavy atom. The van der Waals surface area contributed by atoms with Gasteiger partial charge in [0.2, 0.25) is 5.91 Å². The highest BCUT2D eigenvalue weighted by Crippen LogP contribution is 2.11. The third-order valence-corrected chi connectivity index (χ3v) is 2.73. The van der Waals surface area contributed by atoms with E-state index in [9.17, 15) is 4.79 Å². The van der Waals surface area contributed by atoms with Crippen LogP contribution in [0.15, 0.2) is 0 Å². The molecule has 0 aliphatic heterocycles. The first-order valence-electron chi connectivity index (χ1n) is 5.98. The third kappa shape index (κ3) is 6.80. The van der Waals surface area contributed by atoms with Gasteiger partial charge in [0.1, 0.15) is 0 Å². The number of hydrogen-bond acceptors (Lipinski definition) is 3. The Balaban J connectivity index is 3.79. The van der Waals surface area contributed by atoms with E-state index in [2.05, 4.69) is 0 Å². The molecule has 0 aliphatic carbocycles. The number of likely N-dealkylation sites (N-methyl/N-ethyl adjacent to an activating group) is 1. The molecule has 0 aromatic carbocycles. The topological polar surface area (TPSA) is 55.6 Å². The van der Waals surface area contributed by atoms with Crippen LogP contribution in [-0.4, -0.2) is 44.2 Å². The molecule has 0 rings (SSSR count). The van der Waals surface area contributed by atoms with Crippen LogP contribution in [0, 0.1) is 5.92 Å². The number of carbonyl (C=O) groups is 1. The quantitative estimate of drug-likeness (QED) is 0.682. The van der Waals surface area contributed by atoms with Gasteiger partial charge in [0, 0.05) is 32.7 Å². The van der Waals surface area contributed by atoms with Crippen LogP contribution in [-0.2, 0) is 9.53 Å². The highest BCUT2D eigenvalue weighted by atomic mass is 16.5. The van der Waals surface area contributed by atoms with Crippen LogP contribution in [0.3, 0.4) is 0 Å². The molecule has 0 heterocycles. The van der Waals surface area contributed by atoms with E-state index in [0.717, 1.165) is 19.3 Å². The Bertz CT molecular complexity index is 195. The molecule has 0 saturated heterocycles. The van der Waals surface area contributed by atoms with Crippen LogP contribution in [0.1, 0.15) is 33.1 Å². The van der Waals surface area contributed by atoms with Gasteiger partial charge in [0.05, 0.1) is 6.61 Å². The van der Waals surface area contributed by atoms with Crippen molar-refractivity contribution >= 4 is 5.91 Å². The molecule has 0 fully saturated rings. The van der Waals surface area contributed by atoms with Gasteiger partial charge in [-0.1, -0.05) is 13.3 Å². The van der Waals surface area contributed by atoms with Crippen LogP contribution in [0.2, 0.25) is 0 Å². The number of nitrogens with two attached hydrogens (primary N) is 1. The van der Waals surface area contributed by atoms with E-state index in [0.29, 0.717) is 13.2 Å². The molecule has 0 bridgehead atoms. The molecule has 2 unspecified atom stereocenters. The lowest BCUT2D eigenvalue weighted by atomic mass is 10.0. The van der Waals surface area contributed by atoms with Crippen LogP contribution >= 0.6 is 0 Å². The standard InChI is InChI=1S/C12H26N2O2/c1-10(6-5-7-11(2)13)12(15)14(3)8-9-16-4/h10-11H,5-9,13H2,1-4H3. The predicted octanol–water partition coefficient (Wildman–Crippen LogP) is 1.24. The van der Waals surface area contributed by atoms with Gasteiger partial charge in [-0.3, -0.25) is 4.79 Å². The van der Waals surface area contributed by atoms with E-state index in [1.807, 2.05) is 20.9 Å². The lowest BCUT2D eigenvalue weighted by molar-refractivity contribution is -0.134. The molecule has 0 spiro atoms. The highest BCUT2D eigenvalue weighted by Gasteiger charge is 2.16. The summed E-state index contributed by atoms with van der Waals surface area (Å²) in [6.45, 7) is 5.23. The van der Waals surface area contributed by atoms with E-state index in [-0.39, 0.29) is 17.9 Å². The maximum absolute atomic E-state index is 11.9. The molecule has 0 aromatic rings. The zero-order valence-corrected chi connectivity index (χ0v) is 11.0. The molecular weight excluding hydrogens is 204 g/mol. The molecule has 16 heavy (non-hydrogen) atoms. The summed E-state index contributed by atoms with van der Waals surface area (Å²) in [6.07, 6.45) is 2.92. The second kappa shape index (κ2) is 8.53. The predicted molar refractivity (Wildman–Crippen MR) is 66.2 cm³/mol. The Kier molecular flexibility index (Phi) is 8.21. The SMILES string of the molecule is COCCN(C)C(=O)C(C)CCCC(C)N. The number of carbonyl (C=O) groups excluding carboxylic acids is 1. The van der Waals surface area contributed by atoms with E-state index in [1.54, 1.807) is 12.0 Å². The second-order valence-corrected chi connectivity index (χ2v) is 4.56. The van der Waals surface area contributed by atoms with Gasteiger partial charge in [-0.25, -0.2) is 0 Å². The molecule has 96 valence electrons. The second-order valence-electron chi connectivity index (χ2n) is 4.56. The van der Waals surface area contributed by atoms with Crippen molar-refractivity contribution in [1.29, 1.82) is 0 Å². The molecule has 4 heteroatoms. The maximum atomic E-state index is 11.9. The van der Waals surface area contributed by atoms with Gasteiger partial charge in [-0.2, -0.15) is 0 Å². The molecule has 2 atom stereocenters. The average molecular weight is 230 g/mol. The van der Waals surface area contributed by atoms with Gasteiger partial charge in [-0.15, -0.1) is 0 Å². The first-order chi connectivity index (χ1) is 7.49. The smallest absolute Gasteiger partial charge is 0.225 e. The highest BCUT2D eigenvalue weighted by molar-refractivity contribution is 5.78. The van der Waals surface area contributed by atoms with Crippen molar-refractivity contribution in [3.05, 3.63) is 0 Å². The lowest BCUT2D eigenvalue weighted by Crippen LogP contribution is -2.34. The number of ether oxygens (including phenoxy) is 1. The first kappa shape index (κ1) is 15.4. The van der Waals surface area contributed by atoms with E-state index < -0.39 is 0 Å². The van der Waals surface area contributed by atoms with Crippen molar-refractivity contribution in [2.45, 2.75) is 39.2 Å². The number of hydrogen-bond donors (Lipinski definition) is 1. The number of amides is 1. The zero-order valence-electron chi connectivity index (χ0n) is 11.0. The van der Waals surface area contributed by atoms with Crippen molar-refractivity contribution in [3.63, 3.8) is 0 Å². The minimum Gasteiger partial charge on any atom is -0.383 e. The van der Waals surface area contributed by atoms with Gasteiger partial charge < -0.3 is 15.4 Å². The number of nitrogens with zero attached hydrogens (tertiary/aromatic N) is 1. The molecule has 4 nitrogen and oxygen atoms in total. The molecule has 2 N–H and O–H groups in total. The molecular formula is C12H26N2O2. The fraction of sp³-hybridized carbons (Fsp3) is 0.917. The van der Waals surface area contributed by atoms with Crippen molar-refractivity contribution in [3.8, 4) is 0 Å². The summed E-state index contributed by atoms with van der Waals surface area (Å²) in [7, 11) is 3.47. The van der Waals surface area contributed by atoms with Crippen molar-refractivity contribution in [2.24, 2.45) is 11.7 Å². The van der Waals surface area contributed by atoms with Gasteiger partial charge in [0.25, 0.3) is 0 Å². The molecule has 0 aliphatic rings. The van der Waals surface area contributed by atoms with Crippen LogP contribution < -0.4 is 5.73 Å². The van der Waals surface area contributed by atoms with Gasteiger partial charge in [-0.05, 0) is 19.8 Å². The molecule has 0 saturated carbocycles. The lowest BCUT2D eigenvalue weighted by Gasteiger charge is -2.21. The Morgan fingerprint density at radius 2 is 2.00 bits per heavy atom. The largest absolute Gasteiger partial charge is 0.383 e. The maximum Gasteiger partial charge on any atom is 0.225 e. The monoisotopic (exact) mass is 230 g/mol. The normalized spacial score (nSPS) is 14.6. The van der Waals surface area contributed by atoms with E-state index in [4.69, 9.17) is 10.5 Å². The Morgan fingerprint density at radius 3 is 2.50 bits per heavy atom. The summed E-state index contributed by atoms with van der Waals surface area (Å²) in [4.78, 5) is 13.6. The summed E-state index contributed by atoms with van der Waals surface area (Å²) >= 11 is 0. The van der Waals surface area contributed by atoms with Crippen molar-refractivity contribution in [2.75, 3.05) is 27.3 Å². The summed E-state index contributed by atoms with van der Waals surface area (Å²) in [5, 5.41) is 0.